The molecule has 0 saturated carbocycles. The molecule has 3 nitrogen and oxygen atoms in total. The minimum Gasteiger partial charge on any atom is -0.423 e. The van der Waals surface area contributed by atoms with E-state index in [2.05, 4.69) is 11.8 Å². The molecule has 1 atom stereocenters. The van der Waals surface area contributed by atoms with Crippen LogP contribution in [-0.4, -0.2) is 46.2 Å². The largest absolute Gasteiger partial charge is 0.488 e. The highest BCUT2D eigenvalue weighted by Crippen LogP contribution is 2.22. The van der Waals surface area contributed by atoms with Crippen molar-refractivity contribution in [1.29, 1.82) is 0 Å². The van der Waals surface area contributed by atoms with E-state index in [9.17, 15) is 4.39 Å². The van der Waals surface area contributed by atoms with Crippen molar-refractivity contribution in [2.75, 3.05) is 18.8 Å². The van der Waals surface area contributed by atoms with Crippen LogP contribution in [0.15, 0.2) is 18.2 Å². The highest BCUT2D eigenvalue weighted by atomic mass is 32.2. The van der Waals surface area contributed by atoms with Crippen LogP contribution in [0.2, 0.25) is 0 Å². The highest BCUT2D eigenvalue weighted by molar-refractivity contribution is 8.00. The van der Waals surface area contributed by atoms with Crippen molar-refractivity contribution >= 4 is 24.3 Å². The molecule has 0 spiro atoms. The lowest BCUT2D eigenvalue weighted by molar-refractivity contribution is 0.273. The van der Waals surface area contributed by atoms with Crippen LogP contribution in [0.25, 0.3) is 0 Å². The molecule has 1 aliphatic rings. The summed E-state index contributed by atoms with van der Waals surface area (Å²) in [7, 11) is -1.62. The first kappa shape index (κ1) is 14.8. The standard InChI is InChI=1S/C13H19BFNO2S/c1-2-13-9-16(3-4-19-13)8-10-5-11(14(17)18)7-12(15)6-10/h5-7,13,17-18H,2-4,8-9H2,1H3. The molecule has 1 fully saturated rings. The zero-order chi connectivity index (χ0) is 13.8. The lowest BCUT2D eigenvalue weighted by Gasteiger charge is -2.32. The van der Waals surface area contributed by atoms with Crippen molar-refractivity contribution in [3.63, 3.8) is 0 Å². The van der Waals surface area contributed by atoms with Gasteiger partial charge in [-0.2, -0.15) is 11.8 Å². The smallest absolute Gasteiger partial charge is 0.423 e. The molecule has 1 aromatic rings. The molecule has 2 rings (SSSR count). The van der Waals surface area contributed by atoms with Gasteiger partial charge in [-0.05, 0) is 29.6 Å². The van der Waals surface area contributed by atoms with Gasteiger partial charge in [-0.15, -0.1) is 0 Å². The Morgan fingerprint density at radius 1 is 1.42 bits per heavy atom. The van der Waals surface area contributed by atoms with Gasteiger partial charge < -0.3 is 10.0 Å². The predicted molar refractivity (Wildman–Crippen MR) is 78.0 cm³/mol. The van der Waals surface area contributed by atoms with Gasteiger partial charge in [-0.25, -0.2) is 4.39 Å². The molecule has 2 N–H and O–H groups in total. The van der Waals surface area contributed by atoms with Crippen LogP contribution in [0.3, 0.4) is 0 Å². The Morgan fingerprint density at radius 2 is 2.21 bits per heavy atom. The molecule has 0 bridgehead atoms. The Kier molecular flexibility index (Phi) is 5.27. The summed E-state index contributed by atoms with van der Waals surface area (Å²) in [6, 6.07) is 4.29. The average Bonchev–Trinajstić information content (AvgIpc) is 2.38. The maximum absolute atomic E-state index is 13.4. The fraction of sp³-hybridized carbons (Fsp3) is 0.538. The van der Waals surface area contributed by atoms with Gasteiger partial charge in [0, 0.05) is 30.6 Å². The second-order valence-electron chi connectivity index (χ2n) is 4.90. The van der Waals surface area contributed by atoms with Crippen LogP contribution >= 0.6 is 11.8 Å². The predicted octanol–water partition coefficient (Wildman–Crippen LogP) is 0.833. The van der Waals surface area contributed by atoms with Crippen LogP contribution in [0.1, 0.15) is 18.9 Å². The number of rotatable bonds is 4. The zero-order valence-electron chi connectivity index (χ0n) is 11.1. The molecule has 19 heavy (non-hydrogen) atoms. The number of hydrogen-bond acceptors (Lipinski definition) is 4. The zero-order valence-corrected chi connectivity index (χ0v) is 11.9. The SMILES string of the molecule is CCC1CN(Cc2cc(F)cc(B(O)O)c2)CCS1. The van der Waals surface area contributed by atoms with Crippen LogP contribution in [0, 0.1) is 5.82 Å². The molecule has 104 valence electrons. The van der Waals surface area contributed by atoms with Gasteiger partial charge in [0.2, 0.25) is 0 Å². The summed E-state index contributed by atoms with van der Waals surface area (Å²) in [5.41, 5.74) is 1.01. The fourth-order valence-corrected chi connectivity index (χ4v) is 3.59. The second-order valence-corrected chi connectivity index (χ2v) is 6.31. The van der Waals surface area contributed by atoms with E-state index in [1.807, 2.05) is 11.8 Å². The molecular weight excluding hydrogens is 264 g/mol. The maximum Gasteiger partial charge on any atom is 0.488 e. The first-order chi connectivity index (χ1) is 9.08. The second kappa shape index (κ2) is 6.75. The Morgan fingerprint density at radius 3 is 2.89 bits per heavy atom. The third kappa shape index (κ3) is 4.21. The number of benzene rings is 1. The number of hydrogen-bond donors (Lipinski definition) is 2. The van der Waals surface area contributed by atoms with Crippen molar-refractivity contribution in [3.8, 4) is 0 Å². The quantitative estimate of drug-likeness (QED) is 0.804. The van der Waals surface area contributed by atoms with Crippen molar-refractivity contribution in [3.05, 3.63) is 29.6 Å². The number of thioether (sulfide) groups is 1. The molecule has 1 saturated heterocycles. The molecular formula is C13H19BFNO2S. The average molecular weight is 283 g/mol. The maximum atomic E-state index is 13.4. The normalized spacial score (nSPS) is 20.5. The van der Waals surface area contributed by atoms with Crippen LogP contribution < -0.4 is 5.46 Å². The van der Waals surface area contributed by atoms with Crippen molar-refractivity contribution in [2.45, 2.75) is 25.1 Å². The first-order valence-corrected chi connectivity index (χ1v) is 7.63. The van der Waals surface area contributed by atoms with Crippen molar-refractivity contribution in [1.82, 2.24) is 4.90 Å². The van der Waals surface area contributed by atoms with E-state index in [1.54, 1.807) is 6.07 Å². The van der Waals surface area contributed by atoms with Gasteiger partial charge in [-0.1, -0.05) is 13.0 Å². The number of halogens is 1. The van der Waals surface area contributed by atoms with Gasteiger partial charge in [-0.3, -0.25) is 4.90 Å². The molecule has 1 aromatic carbocycles. The van der Waals surface area contributed by atoms with E-state index in [-0.39, 0.29) is 5.46 Å². The minimum atomic E-state index is -1.62. The molecule has 0 aliphatic carbocycles. The molecule has 1 aliphatic heterocycles. The minimum absolute atomic E-state index is 0.216. The topological polar surface area (TPSA) is 43.7 Å². The molecule has 0 amide bonds. The third-order valence-electron chi connectivity index (χ3n) is 3.36. The van der Waals surface area contributed by atoms with Crippen LogP contribution in [0.5, 0.6) is 0 Å². The molecule has 0 aromatic heterocycles. The van der Waals surface area contributed by atoms with Gasteiger partial charge in [0.05, 0.1) is 0 Å². The van der Waals surface area contributed by atoms with Gasteiger partial charge in [0.1, 0.15) is 5.82 Å². The van der Waals surface area contributed by atoms with Gasteiger partial charge in [0.15, 0.2) is 0 Å². The van der Waals surface area contributed by atoms with E-state index in [0.717, 1.165) is 36.9 Å². The lowest BCUT2D eigenvalue weighted by Crippen LogP contribution is -2.37. The van der Waals surface area contributed by atoms with Crippen LogP contribution in [0.4, 0.5) is 4.39 Å². The van der Waals surface area contributed by atoms with E-state index < -0.39 is 12.9 Å². The summed E-state index contributed by atoms with van der Waals surface area (Å²) in [4.78, 5) is 2.30. The Hall–Kier alpha value is -0.555. The first-order valence-electron chi connectivity index (χ1n) is 6.58. The summed E-state index contributed by atoms with van der Waals surface area (Å²) in [5, 5.41) is 18.9. The molecule has 1 unspecified atom stereocenters. The Balaban J connectivity index is 2.06. The highest BCUT2D eigenvalue weighted by Gasteiger charge is 2.20. The van der Waals surface area contributed by atoms with Gasteiger partial charge in [0.25, 0.3) is 0 Å². The summed E-state index contributed by atoms with van der Waals surface area (Å²) >= 11 is 1.99. The van der Waals surface area contributed by atoms with E-state index in [0.29, 0.717) is 11.8 Å². The molecule has 6 heteroatoms. The van der Waals surface area contributed by atoms with Crippen LogP contribution in [-0.2, 0) is 6.54 Å². The summed E-state index contributed by atoms with van der Waals surface area (Å²) in [5.74, 6) is 0.683. The monoisotopic (exact) mass is 283 g/mol. The Bertz CT molecular complexity index is 433. The summed E-state index contributed by atoms with van der Waals surface area (Å²) < 4.78 is 13.4. The molecule has 0 radical (unpaired) electrons. The summed E-state index contributed by atoms with van der Waals surface area (Å²) in [6.07, 6.45) is 1.14. The van der Waals surface area contributed by atoms with Crippen molar-refractivity contribution in [2.24, 2.45) is 0 Å². The number of nitrogens with zero attached hydrogens (tertiary/aromatic N) is 1. The summed E-state index contributed by atoms with van der Waals surface area (Å²) in [6.45, 7) is 4.85. The Labute approximate surface area is 118 Å². The van der Waals surface area contributed by atoms with Crippen molar-refractivity contribution < 1.29 is 14.4 Å². The van der Waals surface area contributed by atoms with Gasteiger partial charge >= 0.3 is 7.12 Å². The molecule has 1 heterocycles. The van der Waals surface area contributed by atoms with E-state index >= 15 is 0 Å². The lowest BCUT2D eigenvalue weighted by atomic mass is 9.79. The fourth-order valence-electron chi connectivity index (χ4n) is 2.34. The van der Waals surface area contributed by atoms with E-state index in [1.165, 1.54) is 6.07 Å². The third-order valence-corrected chi connectivity index (χ3v) is 4.73. The van der Waals surface area contributed by atoms with E-state index in [4.69, 9.17) is 10.0 Å².